The summed E-state index contributed by atoms with van der Waals surface area (Å²) in [5.41, 5.74) is -1.51. The third kappa shape index (κ3) is 1.36. The first-order valence-corrected chi connectivity index (χ1v) is 2.68. The van der Waals surface area contributed by atoms with Gasteiger partial charge in [-0.1, -0.05) is 0 Å². The van der Waals surface area contributed by atoms with Gasteiger partial charge in [0, 0.05) is 0 Å². The van der Waals surface area contributed by atoms with Gasteiger partial charge < -0.3 is 10.1 Å². The number of alkyl halides is 3. The first kappa shape index (κ1) is 8.50. The number of aromatic nitrogens is 2. The monoisotopic (exact) mass is 181 g/mol. The fourth-order valence-corrected chi connectivity index (χ4v) is 0.634. The molecule has 0 unspecified atom stereocenters. The van der Waals surface area contributed by atoms with E-state index < -0.39 is 22.6 Å². The average Bonchev–Trinajstić information content (AvgIpc) is 2.30. The molecule has 1 aromatic heterocycles. The van der Waals surface area contributed by atoms with E-state index in [-0.39, 0.29) is 0 Å². The summed E-state index contributed by atoms with van der Waals surface area (Å²) in [4.78, 5) is 13.4. The van der Waals surface area contributed by atoms with Gasteiger partial charge in [0.15, 0.2) is 6.33 Å². The number of hydrogen-bond acceptors (Lipinski definition) is 3. The Morgan fingerprint density at radius 1 is 1.58 bits per heavy atom. The zero-order valence-corrected chi connectivity index (χ0v) is 5.42. The summed E-state index contributed by atoms with van der Waals surface area (Å²) in [7, 11) is 0. The van der Waals surface area contributed by atoms with Crippen LogP contribution in [0.25, 0.3) is 0 Å². The third-order valence-corrected chi connectivity index (χ3v) is 1.07. The topological polar surface area (TPSA) is 71.8 Å². The molecule has 1 N–H and O–H groups in total. The van der Waals surface area contributed by atoms with E-state index in [9.17, 15) is 23.3 Å². The summed E-state index contributed by atoms with van der Waals surface area (Å²) in [5.74, 6) is -1.14. The minimum Gasteiger partial charge on any atom is -0.358 e. The van der Waals surface area contributed by atoms with Crippen molar-refractivity contribution in [2.45, 2.75) is 6.18 Å². The molecular formula is C4H2F3N3O2. The van der Waals surface area contributed by atoms with Gasteiger partial charge in [0.1, 0.15) is 0 Å². The Hall–Kier alpha value is -1.60. The molecule has 0 atom stereocenters. The van der Waals surface area contributed by atoms with Crippen molar-refractivity contribution in [3.8, 4) is 0 Å². The van der Waals surface area contributed by atoms with Crippen molar-refractivity contribution in [1.29, 1.82) is 0 Å². The molecule has 1 rings (SSSR count). The largest absolute Gasteiger partial charge is 0.441 e. The first-order chi connectivity index (χ1) is 5.43. The van der Waals surface area contributed by atoms with Crippen LogP contribution in [0.4, 0.5) is 19.0 Å². The molecule has 1 aromatic rings. The Bertz CT molecular complexity index is 305. The molecule has 0 saturated carbocycles. The standard InChI is InChI=1S/C4H2F3N3O2/c5-4(6,7)2-3(10(11)12)9-1-8-2/h1H,(H,8,9). The van der Waals surface area contributed by atoms with Gasteiger partial charge in [0.2, 0.25) is 5.69 Å². The zero-order valence-electron chi connectivity index (χ0n) is 5.42. The van der Waals surface area contributed by atoms with E-state index >= 15 is 0 Å². The normalized spacial score (nSPS) is 11.6. The molecular weight excluding hydrogens is 179 g/mol. The molecule has 5 nitrogen and oxygen atoms in total. The number of aromatic amines is 1. The lowest BCUT2D eigenvalue weighted by molar-refractivity contribution is -0.392. The number of nitrogens with zero attached hydrogens (tertiary/aromatic N) is 2. The van der Waals surface area contributed by atoms with Crippen molar-refractivity contribution in [1.82, 2.24) is 9.97 Å². The van der Waals surface area contributed by atoms with Crippen LogP contribution in [0.5, 0.6) is 0 Å². The second-order valence-electron chi connectivity index (χ2n) is 1.85. The van der Waals surface area contributed by atoms with Crippen LogP contribution in [0.15, 0.2) is 6.33 Å². The smallest absolute Gasteiger partial charge is 0.358 e. The summed E-state index contributed by atoms with van der Waals surface area (Å²) in [5, 5.41) is 9.96. The molecule has 0 fully saturated rings. The Morgan fingerprint density at radius 3 is 2.50 bits per heavy atom. The highest BCUT2D eigenvalue weighted by atomic mass is 19.4. The zero-order chi connectivity index (χ0) is 9.35. The molecule has 66 valence electrons. The summed E-state index contributed by atoms with van der Waals surface area (Å²) in [6, 6.07) is 0. The van der Waals surface area contributed by atoms with Gasteiger partial charge in [-0.05, 0) is 4.92 Å². The lowest BCUT2D eigenvalue weighted by Gasteiger charge is -2.00. The van der Waals surface area contributed by atoms with Gasteiger partial charge in [0.05, 0.1) is 0 Å². The second-order valence-corrected chi connectivity index (χ2v) is 1.85. The summed E-state index contributed by atoms with van der Waals surface area (Å²) >= 11 is 0. The van der Waals surface area contributed by atoms with Crippen molar-refractivity contribution in [3.63, 3.8) is 0 Å². The maximum atomic E-state index is 11.9. The van der Waals surface area contributed by atoms with Crippen LogP contribution in [-0.2, 0) is 6.18 Å². The van der Waals surface area contributed by atoms with Crippen molar-refractivity contribution >= 4 is 5.82 Å². The predicted octanol–water partition coefficient (Wildman–Crippen LogP) is 1.34. The Kier molecular flexibility index (Phi) is 1.75. The third-order valence-electron chi connectivity index (χ3n) is 1.07. The van der Waals surface area contributed by atoms with Gasteiger partial charge in [-0.15, -0.1) is 0 Å². The van der Waals surface area contributed by atoms with E-state index in [0.717, 1.165) is 0 Å². The van der Waals surface area contributed by atoms with Gasteiger partial charge in [-0.2, -0.15) is 13.2 Å². The van der Waals surface area contributed by atoms with Crippen LogP contribution in [-0.4, -0.2) is 14.9 Å². The van der Waals surface area contributed by atoms with Crippen LogP contribution < -0.4 is 0 Å². The Labute approximate surface area is 63.4 Å². The maximum absolute atomic E-state index is 11.9. The molecule has 0 amide bonds. The number of nitrogens with one attached hydrogen (secondary N) is 1. The van der Waals surface area contributed by atoms with Crippen LogP contribution >= 0.6 is 0 Å². The molecule has 0 bridgehead atoms. The molecule has 0 saturated heterocycles. The highest BCUT2D eigenvalue weighted by Crippen LogP contribution is 2.32. The molecule has 0 spiro atoms. The lowest BCUT2D eigenvalue weighted by Crippen LogP contribution is -2.08. The molecule has 1 heterocycles. The average molecular weight is 181 g/mol. The molecule has 0 aromatic carbocycles. The van der Waals surface area contributed by atoms with Crippen molar-refractivity contribution in [3.05, 3.63) is 22.1 Å². The van der Waals surface area contributed by atoms with E-state index in [1.807, 2.05) is 0 Å². The van der Waals surface area contributed by atoms with Crippen molar-refractivity contribution < 1.29 is 18.1 Å². The van der Waals surface area contributed by atoms with E-state index in [2.05, 4.69) is 4.98 Å². The van der Waals surface area contributed by atoms with E-state index in [1.165, 1.54) is 0 Å². The van der Waals surface area contributed by atoms with Crippen molar-refractivity contribution in [2.24, 2.45) is 0 Å². The van der Waals surface area contributed by atoms with Crippen LogP contribution in [0.2, 0.25) is 0 Å². The first-order valence-electron chi connectivity index (χ1n) is 2.68. The SMILES string of the molecule is O=[N+]([O-])c1[nH]cnc1C(F)(F)F. The van der Waals surface area contributed by atoms with Gasteiger partial charge in [0.25, 0.3) is 0 Å². The fraction of sp³-hybridized carbons (Fsp3) is 0.250. The molecule has 0 aliphatic heterocycles. The quantitative estimate of drug-likeness (QED) is 0.524. The number of nitro groups is 1. The summed E-state index contributed by atoms with van der Waals surface area (Å²) < 4.78 is 35.6. The molecule has 0 aliphatic carbocycles. The molecule has 12 heavy (non-hydrogen) atoms. The second kappa shape index (κ2) is 2.47. The number of hydrogen-bond donors (Lipinski definition) is 1. The molecule has 0 aliphatic rings. The van der Waals surface area contributed by atoms with Gasteiger partial charge >= 0.3 is 12.0 Å². The number of rotatable bonds is 1. The number of halogens is 3. The fourth-order valence-electron chi connectivity index (χ4n) is 0.634. The molecule has 8 heteroatoms. The highest BCUT2D eigenvalue weighted by molar-refractivity contribution is 5.27. The molecule has 0 radical (unpaired) electrons. The van der Waals surface area contributed by atoms with E-state index in [0.29, 0.717) is 6.33 Å². The van der Waals surface area contributed by atoms with E-state index in [4.69, 9.17) is 0 Å². The van der Waals surface area contributed by atoms with E-state index in [1.54, 1.807) is 4.98 Å². The number of imidazole rings is 1. The Morgan fingerprint density at radius 2 is 2.17 bits per heavy atom. The minimum atomic E-state index is -4.79. The highest BCUT2D eigenvalue weighted by Gasteiger charge is 2.41. The maximum Gasteiger partial charge on any atom is 0.441 e. The summed E-state index contributed by atoms with van der Waals surface area (Å²) in [6.07, 6.45) is -4.16. The minimum absolute atomic E-state index is 0.626. The van der Waals surface area contributed by atoms with Crippen LogP contribution in [0, 0.1) is 10.1 Å². The Balaban J connectivity index is 3.17. The van der Waals surface area contributed by atoms with Crippen LogP contribution in [0.3, 0.4) is 0 Å². The van der Waals surface area contributed by atoms with Crippen molar-refractivity contribution in [2.75, 3.05) is 0 Å². The number of H-pyrrole nitrogens is 1. The lowest BCUT2D eigenvalue weighted by atomic mass is 10.4. The van der Waals surface area contributed by atoms with Crippen LogP contribution in [0.1, 0.15) is 5.69 Å². The predicted molar refractivity (Wildman–Crippen MR) is 30.2 cm³/mol. The van der Waals surface area contributed by atoms with Gasteiger partial charge in [-0.3, -0.25) is 0 Å². The summed E-state index contributed by atoms with van der Waals surface area (Å²) in [6.45, 7) is 0. The van der Waals surface area contributed by atoms with Gasteiger partial charge in [-0.25, -0.2) is 9.97 Å².